The molecular formula is C17H17N5O3S. The van der Waals surface area contributed by atoms with Crippen molar-refractivity contribution in [3.8, 4) is 17.2 Å². The molecule has 0 atom stereocenters. The van der Waals surface area contributed by atoms with Gasteiger partial charge < -0.3 is 14.8 Å². The number of hydrogen-bond donors (Lipinski definition) is 1. The maximum absolute atomic E-state index is 12.6. The average Bonchev–Trinajstić information content (AvgIpc) is 3.16. The number of thioether (sulfide) groups is 1. The van der Waals surface area contributed by atoms with E-state index in [2.05, 4.69) is 20.8 Å². The first-order valence-corrected chi connectivity index (χ1v) is 8.84. The number of ether oxygens (including phenoxy) is 2. The monoisotopic (exact) mass is 371 g/mol. The molecule has 0 saturated carbocycles. The van der Waals surface area contributed by atoms with Gasteiger partial charge in [-0.3, -0.25) is 4.79 Å². The predicted molar refractivity (Wildman–Crippen MR) is 98.4 cm³/mol. The summed E-state index contributed by atoms with van der Waals surface area (Å²) in [4.78, 5) is 12.6. The zero-order valence-electron chi connectivity index (χ0n) is 14.5. The molecule has 0 aliphatic rings. The van der Waals surface area contributed by atoms with Crippen molar-refractivity contribution >= 4 is 23.4 Å². The van der Waals surface area contributed by atoms with Crippen molar-refractivity contribution in [1.82, 2.24) is 20.2 Å². The van der Waals surface area contributed by atoms with Gasteiger partial charge in [0.2, 0.25) is 5.16 Å². The van der Waals surface area contributed by atoms with E-state index < -0.39 is 0 Å². The Hall–Kier alpha value is -3.07. The number of aromatic nitrogens is 4. The lowest BCUT2D eigenvalue weighted by molar-refractivity contribution is 0.102. The van der Waals surface area contributed by atoms with Gasteiger partial charge in [-0.1, -0.05) is 17.8 Å². The summed E-state index contributed by atoms with van der Waals surface area (Å²) in [6.07, 6.45) is 1.89. The highest BCUT2D eigenvalue weighted by molar-refractivity contribution is 7.98. The second kappa shape index (κ2) is 7.87. The van der Waals surface area contributed by atoms with Crippen LogP contribution in [0.4, 0.5) is 5.69 Å². The van der Waals surface area contributed by atoms with Gasteiger partial charge in [0.15, 0.2) is 0 Å². The van der Waals surface area contributed by atoms with Crippen LogP contribution in [0.2, 0.25) is 0 Å². The van der Waals surface area contributed by atoms with E-state index in [4.69, 9.17) is 9.47 Å². The number of methoxy groups -OCH3 is 2. The quantitative estimate of drug-likeness (QED) is 0.666. The summed E-state index contributed by atoms with van der Waals surface area (Å²) >= 11 is 1.43. The van der Waals surface area contributed by atoms with Gasteiger partial charge in [-0.2, -0.15) is 4.68 Å². The molecule has 26 heavy (non-hydrogen) atoms. The smallest absolute Gasteiger partial charge is 0.255 e. The fourth-order valence-electron chi connectivity index (χ4n) is 2.33. The van der Waals surface area contributed by atoms with Gasteiger partial charge in [-0.05, 0) is 47.0 Å². The molecule has 0 bridgehead atoms. The Bertz CT molecular complexity index is 906. The van der Waals surface area contributed by atoms with Crippen molar-refractivity contribution in [2.24, 2.45) is 0 Å². The number of tetrazole rings is 1. The summed E-state index contributed by atoms with van der Waals surface area (Å²) in [5.41, 5.74) is 1.80. The van der Waals surface area contributed by atoms with Crippen LogP contribution in [0.5, 0.6) is 11.5 Å². The third kappa shape index (κ3) is 3.77. The predicted octanol–water partition coefficient (Wildman–Crippen LogP) is 2.65. The van der Waals surface area contributed by atoms with Crippen LogP contribution in [0, 0.1) is 0 Å². The zero-order valence-corrected chi connectivity index (χ0v) is 15.3. The van der Waals surface area contributed by atoms with Crippen LogP contribution in [0.25, 0.3) is 5.69 Å². The van der Waals surface area contributed by atoms with Crippen LogP contribution in [-0.2, 0) is 0 Å². The fraction of sp³-hybridized carbons (Fsp3) is 0.176. The van der Waals surface area contributed by atoms with Crippen molar-refractivity contribution in [3.63, 3.8) is 0 Å². The summed E-state index contributed by atoms with van der Waals surface area (Å²) in [6, 6.07) is 12.3. The van der Waals surface area contributed by atoms with Crippen LogP contribution in [0.15, 0.2) is 47.6 Å². The summed E-state index contributed by atoms with van der Waals surface area (Å²) in [7, 11) is 3.07. The minimum atomic E-state index is -0.277. The Balaban J connectivity index is 1.85. The molecule has 0 spiro atoms. The van der Waals surface area contributed by atoms with E-state index in [1.54, 1.807) is 35.0 Å². The van der Waals surface area contributed by atoms with E-state index in [1.165, 1.54) is 26.0 Å². The molecule has 3 rings (SSSR count). The zero-order chi connectivity index (χ0) is 18.5. The molecule has 2 aromatic carbocycles. The third-order valence-electron chi connectivity index (χ3n) is 3.59. The molecule has 0 aliphatic heterocycles. The third-order valence-corrected chi connectivity index (χ3v) is 4.21. The van der Waals surface area contributed by atoms with Crippen LogP contribution < -0.4 is 14.8 Å². The van der Waals surface area contributed by atoms with Crippen molar-refractivity contribution < 1.29 is 14.3 Å². The van der Waals surface area contributed by atoms with Gasteiger partial charge in [0.25, 0.3) is 5.91 Å². The Labute approximate surface area is 154 Å². The number of nitrogens with one attached hydrogen (secondary N) is 1. The molecule has 1 aromatic heterocycles. The van der Waals surface area contributed by atoms with E-state index in [0.717, 1.165) is 5.69 Å². The van der Waals surface area contributed by atoms with Crippen molar-refractivity contribution in [3.05, 3.63) is 48.0 Å². The van der Waals surface area contributed by atoms with E-state index in [0.29, 0.717) is 27.9 Å². The lowest BCUT2D eigenvalue weighted by Crippen LogP contribution is -2.12. The molecule has 3 aromatic rings. The van der Waals surface area contributed by atoms with E-state index in [9.17, 15) is 4.79 Å². The standard InChI is InChI=1S/C17H17N5O3S/c1-24-14-7-11(8-15(10-14)25-2)16(23)18-12-5-4-6-13(9-12)22-17(26-3)19-20-21-22/h4-10H,1-3H3,(H,18,23). The molecule has 0 fully saturated rings. The highest BCUT2D eigenvalue weighted by atomic mass is 32.2. The van der Waals surface area contributed by atoms with Crippen molar-refractivity contribution in [2.75, 3.05) is 25.8 Å². The summed E-state index contributed by atoms with van der Waals surface area (Å²) < 4.78 is 12.0. The van der Waals surface area contributed by atoms with E-state index >= 15 is 0 Å². The first kappa shape index (κ1) is 17.7. The SMILES string of the molecule is COc1cc(OC)cc(C(=O)Nc2cccc(-n3nnnc3SC)c2)c1. The highest BCUT2D eigenvalue weighted by Crippen LogP contribution is 2.24. The number of anilines is 1. The van der Waals surface area contributed by atoms with Gasteiger partial charge in [0.05, 0.1) is 19.9 Å². The number of rotatable bonds is 6. The van der Waals surface area contributed by atoms with Crippen LogP contribution >= 0.6 is 11.8 Å². The lowest BCUT2D eigenvalue weighted by Gasteiger charge is -2.10. The number of carbonyl (C=O) groups excluding carboxylic acids is 1. The molecular weight excluding hydrogens is 354 g/mol. The van der Waals surface area contributed by atoms with E-state index in [-0.39, 0.29) is 5.91 Å². The number of hydrogen-bond acceptors (Lipinski definition) is 7. The van der Waals surface area contributed by atoms with Gasteiger partial charge >= 0.3 is 0 Å². The molecule has 0 saturated heterocycles. The lowest BCUT2D eigenvalue weighted by atomic mass is 10.1. The van der Waals surface area contributed by atoms with Gasteiger partial charge in [0, 0.05) is 17.3 Å². The van der Waals surface area contributed by atoms with Gasteiger partial charge in [-0.15, -0.1) is 5.10 Å². The maximum atomic E-state index is 12.6. The number of carbonyl (C=O) groups is 1. The minimum absolute atomic E-state index is 0.277. The molecule has 0 radical (unpaired) electrons. The first-order valence-electron chi connectivity index (χ1n) is 7.62. The molecule has 1 heterocycles. The molecule has 1 amide bonds. The Morgan fingerprint density at radius 1 is 1.12 bits per heavy atom. The Morgan fingerprint density at radius 3 is 2.50 bits per heavy atom. The van der Waals surface area contributed by atoms with Gasteiger partial charge in [-0.25, -0.2) is 0 Å². The largest absolute Gasteiger partial charge is 0.497 e. The molecule has 8 nitrogen and oxygen atoms in total. The molecule has 0 aliphatic carbocycles. The van der Waals surface area contributed by atoms with Crippen molar-refractivity contribution in [1.29, 1.82) is 0 Å². The van der Waals surface area contributed by atoms with Crippen LogP contribution in [-0.4, -0.2) is 46.6 Å². The fourth-order valence-corrected chi connectivity index (χ4v) is 2.76. The molecule has 134 valence electrons. The van der Waals surface area contributed by atoms with Crippen LogP contribution in [0.3, 0.4) is 0 Å². The Kier molecular flexibility index (Phi) is 5.37. The first-order chi connectivity index (χ1) is 12.6. The summed E-state index contributed by atoms with van der Waals surface area (Å²) in [5.74, 6) is 0.810. The second-order valence-electron chi connectivity index (χ2n) is 5.18. The summed E-state index contributed by atoms with van der Waals surface area (Å²) in [5, 5.41) is 15.1. The Morgan fingerprint density at radius 2 is 1.85 bits per heavy atom. The molecule has 9 heteroatoms. The topological polar surface area (TPSA) is 91.2 Å². The van der Waals surface area contributed by atoms with Crippen molar-refractivity contribution in [2.45, 2.75) is 5.16 Å². The molecule has 0 unspecified atom stereocenters. The normalized spacial score (nSPS) is 10.4. The average molecular weight is 371 g/mol. The van der Waals surface area contributed by atoms with Crippen LogP contribution in [0.1, 0.15) is 10.4 Å². The number of amides is 1. The maximum Gasteiger partial charge on any atom is 0.255 e. The number of nitrogens with zero attached hydrogens (tertiary/aromatic N) is 4. The minimum Gasteiger partial charge on any atom is -0.497 e. The summed E-state index contributed by atoms with van der Waals surface area (Å²) in [6.45, 7) is 0. The van der Waals surface area contributed by atoms with E-state index in [1.807, 2.05) is 18.4 Å². The number of benzene rings is 2. The second-order valence-corrected chi connectivity index (χ2v) is 5.96. The molecule has 1 N–H and O–H groups in total. The van der Waals surface area contributed by atoms with Gasteiger partial charge in [0.1, 0.15) is 11.5 Å². The highest BCUT2D eigenvalue weighted by Gasteiger charge is 2.12.